The van der Waals surface area contributed by atoms with E-state index in [0.29, 0.717) is 0 Å². The van der Waals surface area contributed by atoms with Crippen LogP contribution in [0.4, 0.5) is 0 Å². The van der Waals surface area contributed by atoms with Crippen molar-refractivity contribution in [2.45, 2.75) is 6.92 Å². The molecule has 0 aliphatic heterocycles. The summed E-state index contributed by atoms with van der Waals surface area (Å²) >= 11 is 0. The molecular weight excluding hydrogens is 386 g/mol. The number of para-hydroxylation sites is 1. The van der Waals surface area contributed by atoms with Crippen LogP contribution in [0.15, 0.2) is 121 Å². The molecule has 6 aromatic rings. The number of rotatable bonds is 3. The van der Waals surface area contributed by atoms with Gasteiger partial charge in [0.15, 0.2) is 0 Å². The van der Waals surface area contributed by atoms with Crippen LogP contribution in [0, 0.1) is 6.92 Å². The van der Waals surface area contributed by atoms with Crippen LogP contribution in [0.5, 0.6) is 0 Å². The zero-order valence-electron chi connectivity index (χ0n) is 18.0. The SMILES string of the molecule is Cc1ccc(-c2cccc3c2c2cc(-c4ccccc4)ccc2n3-c2ccccc2)cc1. The molecule has 152 valence electrons. The van der Waals surface area contributed by atoms with Crippen LogP contribution in [0.25, 0.3) is 49.7 Å². The third-order valence-corrected chi connectivity index (χ3v) is 6.27. The first-order chi connectivity index (χ1) is 15.8. The second-order valence-electron chi connectivity index (χ2n) is 8.33. The topological polar surface area (TPSA) is 4.93 Å². The maximum atomic E-state index is 2.39. The van der Waals surface area contributed by atoms with Crippen molar-refractivity contribution >= 4 is 21.8 Å². The molecule has 0 radical (unpaired) electrons. The first-order valence-corrected chi connectivity index (χ1v) is 11.0. The van der Waals surface area contributed by atoms with Gasteiger partial charge in [-0.1, -0.05) is 96.6 Å². The summed E-state index contributed by atoms with van der Waals surface area (Å²) in [6.45, 7) is 2.14. The monoisotopic (exact) mass is 409 g/mol. The molecule has 0 amide bonds. The Labute approximate surface area is 188 Å². The Kier molecular flexibility index (Phi) is 4.40. The fourth-order valence-corrected chi connectivity index (χ4v) is 4.71. The first kappa shape index (κ1) is 18.7. The van der Waals surface area contributed by atoms with Gasteiger partial charge in [0.1, 0.15) is 0 Å². The summed E-state index contributed by atoms with van der Waals surface area (Å²) < 4.78 is 2.39. The van der Waals surface area contributed by atoms with Crippen LogP contribution in [-0.2, 0) is 0 Å². The summed E-state index contributed by atoms with van der Waals surface area (Å²) in [4.78, 5) is 0. The maximum absolute atomic E-state index is 2.39. The number of benzene rings is 5. The lowest BCUT2D eigenvalue weighted by atomic mass is 9.97. The highest BCUT2D eigenvalue weighted by Gasteiger charge is 2.16. The van der Waals surface area contributed by atoms with Crippen molar-refractivity contribution in [3.63, 3.8) is 0 Å². The molecule has 1 aromatic heterocycles. The van der Waals surface area contributed by atoms with E-state index in [4.69, 9.17) is 0 Å². The zero-order chi connectivity index (χ0) is 21.5. The molecule has 0 atom stereocenters. The van der Waals surface area contributed by atoms with Crippen molar-refractivity contribution in [2.24, 2.45) is 0 Å². The smallest absolute Gasteiger partial charge is 0.0547 e. The van der Waals surface area contributed by atoms with Crippen molar-refractivity contribution in [3.8, 4) is 27.9 Å². The summed E-state index contributed by atoms with van der Waals surface area (Å²) in [5, 5.41) is 2.58. The lowest BCUT2D eigenvalue weighted by Crippen LogP contribution is -1.93. The van der Waals surface area contributed by atoms with Gasteiger partial charge in [0.25, 0.3) is 0 Å². The molecule has 0 saturated carbocycles. The molecule has 1 heterocycles. The fraction of sp³-hybridized carbons (Fsp3) is 0.0323. The van der Waals surface area contributed by atoms with Crippen molar-refractivity contribution in [1.29, 1.82) is 0 Å². The number of fused-ring (bicyclic) bond motifs is 3. The van der Waals surface area contributed by atoms with E-state index in [1.165, 1.54) is 55.3 Å². The Morgan fingerprint density at radius 2 is 1.19 bits per heavy atom. The molecular formula is C31H23N. The average Bonchev–Trinajstić information content (AvgIpc) is 3.19. The lowest BCUT2D eigenvalue weighted by molar-refractivity contribution is 1.18. The van der Waals surface area contributed by atoms with Crippen LogP contribution >= 0.6 is 0 Å². The zero-order valence-corrected chi connectivity index (χ0v) is 18.0. The van der Waals surface area contributed by atoms with E-state index in [9.17, 15) is 0 Å². The molecule has 1 nitrogen and oxygen atoms in total. The molecule has 0 N–H and O–H groups in total. The van der Waals surface area contributed by atoms with Crippen molar-refractivity contribution in [2.75, 3.05) is 0 Å². The molecule has 0 unspecified atom stereocenters. The van der Waals surface area contributed by atoms with Gasteiger partial charge in [-0.15, -0.1) is 0 Å². The number of aryl methyl sites for hydroxylation is 1. The van der Waals surface area contributed by atoms with Gasteiger partial charge in [0, 0.05) is 16.5 Å². The number of aromatic nitrogens is 1. The molecule has 0 aliphatic rings. The van der Waals surface area contributed by atoms with Gasteiger partial charge in [0.05, 0.1) is 11.0 Å². The summed E-state index contributed by atoms with van der Waals surface area (Å²) in [6.07, 6.45) is 0. The standard InChI is InChI=1S/C31H23N/c1-22-15-17-24(18-16-22)27-13-8-14-30-31(27)28-21-25(23-9-4-2-5-10-23)19-20-29(28)32(30)26-11-6-3-7-12-26/h2-21H,1H3. The minimum atomic E-state index is 1.18. The summed E-state index contributed by atoms with van der Waals surface area (Å²) in [6, 6.07) is 43.7. The summed E-state index contributed by atoms with van der Waals surface area (Å²) in [5.74, 6) is 0. The van der Waals surface area contributed by atoms with Gasteiger partial charge >= 0.3 is 0 Å². The fourth-order valence-electron chi connectivity index (χ4n) is 4.71. The first-order valence-electron chi connectivity index (χ1n) is 11.0. The third kappa shape index (κ3) is 3.02. The van der Waals surface area contributed by atoms with Crippen LogP contribution in [0.3, 0.4) is 0 Å². The van der Waals surface area contributed by atoms with Gasteiger partial charge in [-0.3, -0.25) is 0 Å². The van der Waals surface area contributed by atoms with E-state index in [2.05, 4.69) is 133 Å². The minimum absolute atomic E-state index is 1.18. The number of hydrogen-bond acceptors (Lipinski definition) is 0. The predicted octanol–water partition coefficient (Wildman–Crippen LogP) is 8.43. The lowest BCUT2D eigenvalue weighted by Gasteiger charge is -2.09. The Bertz CT molecular complexity index is 1540. The quantitative estimate of drug-likeness (QED) is 0.276. The Hall–Kier alpha value is -4.10. The van der Waals surface area contributed by atoms with E-state index in [1.807, 2.05) is 0 Å². The van der Waals surface area contributed by atoms with Crippen LogP contribution < -0.4 is 0 Å². The van der Waals surface area contributed by atoms with Gasteiger partial charge in [-0.25, -0.2) is 0 Å². The highest BCUT2D eigenvalue weighted by molar-refractivity contribution is 6.16. The normalized spacial score (nSPS) is 11.3. The summed E-state index contributed by atoms with van der Waals surface area (Å²) in [5.41, 5.74) is 9.91. The molecule has 5 aromatic carbocycles. The molecule has 32 heavy (non-hydrogen) atoms. The van der Waals surface area contributed by atoms with E-state index in [0.717, 1.165) is 0 Å². The Morgan fingerprint density at radius 1 is 0.500 bits per heavy atom. The van der Waals surface area contributed by atoms with Crippen LogP contribution in [0.1, 0.15) is 5.56 Å². The molecule has 0 aliphatic carbocycles. The van der Waals surface area contributed by atoms with E-state index >= 15 is 0 Å². The highest BCUT2D eigenvalue weighted by Crippen LogP contribution is 2.40. The molecule has 0 saturated heterocycles. The molecule has 1 heteroatoms. The van der Waals surface area contributed by atoms with Crippen LogP contribution in [-0.4, -0.2) is 4.57 Å². The average molecular weight is 410 g/mol. The van der Waals surface area contributed by atoms with Crippen molar-refractivity contribution < 1.29 is 0 Å². The van der Waals surface area contributed by atoms with Crippen molar-refractivity contribution in [1.82, 2.24) is 4.57 Å². The maximum Gasteiger partial charge on any atom is 0.0547 e. The van der Waals surface area contributed by atoms with Gasteiger partial charge in [-0.05, 0) is 59.5 Å². The van der Waals surface area contributed by atoms with Crippen LogP contribution in [0.2, 0.25) is 0 Å². The highest BCUT2D eigenvalue weighted by atomic mass is 15.0. The number of hydrogen-bond donors (Lipinski definition) is 0. The molecule has 6 rings (SSSR count). The molecule has 0 spiro atoms. The third-order valence-electron chi connectivity index (χ3n) is 6.27. The van der Waals surface area contributed by atoms with E-state index in [-0.39, 0.29) is 0 Å². The Morgan fingerprint density at radius 3 is 1.94 bits per heavy atom. The second kappa shape index (κ2) is 7.55. The summed E-state index contributed by atoms with van der Waals surface area (Å²) in [7, 11) is 0. The number of nitrogens with zero attached hydrogens (tertiary/aromatic N) is 1. The second-order valence-corrected chi connectivity index (χ2v) is 8.33. The van der Waals surface area contributed by atoms with E-state index < -0.39 is 0 Å². The minimum Gasteiger partial charge on any atom is -0.309 e. The Balaban J connectivity index is 1.73. The largest absolute Gasteiger partial charge is 0.309 e. The molecule has 0 bridgehead atoms. The predicted molar refractivity (Wildman–Crippen MR) is 136 cm³/mol. The van der Waals surface area contributed by atoms with Gasteiger partial charge in [0.2, 0.25) is 0 Å². The van der Waals surface area contributed by atoms with Crippen molar-refractivity contribution in [3.05, 3.63) is 127 Å². The van der Waals surface area contributed by atoms with Gasteiger partial charge < -0.3 is 4.57 Å². The van der Waals surface area contributed by atoms with E-state index in [1.54, 1.807) is 0 Å². The van der Waals surface area contributed by atoms with Gasteiger partial charge in [-0.2, -0.15) is 0 Å². The molecule has 0 fully saturated rings.